The van der Waals surface area contributed by atoms with Gasteiger partial charge in [0.05, 0.1) is 5.69 Å². The molecule has 0 amide bonds. The van der Waals surface area contributed by atoms with E-state index in [1.165, 1.54) is 5.56 Å². The molecular formula is C18H16N2O2. The molecule has 2 aromatic heterocycles. The number of carbonyl (C=O) groups is 1. The Labute approximate surface area is 128 Å². The van der Waals surface area contributed by atoms with E-state index in [0.29, 0.717) is 11.3 Å². The second-order valence-corrected chi connectivity index (χ2v) is 5.28. The van der Waals surface area contributed by atoms with Gasteiger partial charge in [0, 0.05) is 6.20 Å². The first-order valence-electron chi connectivity index (χ1n) is 7.02. The zero-order chi connectivity index (χ0) is 15.7. The summed E-state index contributed by atoms with van der Waals surface area (Å²) in [4.78, 5) is 16.0. The van der Waals surface area contributed by atoms with Crippen LogP contribution >= 0.6 is 0 Å². The minimum atomic E-state index is -0.985. The lowest BCUT2D eigenvalue weighted by molar-refractivity contribution is 0.0689. The number of pyridine rings is 1. The van der Waals surface area contributed by atoms with Crippen LogP contribution in [0.1, 0.15) is 32.9 Å². The Kier molecular flexibility index (Phi) is 3.51. The molecule has 4 heteroatoms. The highest BCUT2D eigenvalue weighted by Crippen LogP contribution is 2.18. The first-order chi connectivity index (χ1) is 10.6. The average Bonchev–Trinajstić information content (AvgIpc) is 2.87. The standard InChI is InChI=1S/C18H16N2O2/c1-12-5-7-14(8-6-12)9-10-15-16(18(21)22)20-11-3-4-13(2)17(20)19-15/h3-11H,1-2H3,(H,21,22)/b10-9+. The molecule has 2 heterocycles. The minimum absolute atomic E-state index is 0.182. The fraction of sp³-hybridized carbons (Fsp3) is 0.111. The lowest BCUT2D eigenvalue weighted by Gasteiger charge is -1.98. The molecule has 0 unspecified atom stereocenters. The number of aromatic nitrogens is 2. The molecule has 3 rings (SSSR count). The number of carboxylic acid groups (broad SMARTS) is 1. The maximum Gasteiger partial charge on any atom is 0.355 e. The molecule has 0 spiro atoms. The van der Waals surface area contributed by atoms with Gasteiger partial charge < -0.3 is 5.11 Å². The highest BCUT2D eigenvalue weighted by atomic mass is 16.4. The SMILES string of the molecule is Cc1ccc(/C=C/c2nc3c(C)cccn3c2C(=O)O)cc1. The fourth-order valence-corrected chi connectivity index (χ4v) is 2.40. The molecule has 22 heavy (non-hydrogen) atoms. The summed E-state index contributed by atoms with van der Waals surface area (Å²) in [6.07, 6.45) is 5.35. The second kappa shape index (κ2) is 5.48. The van der Waals surface area contributed by atoms with E-state index in [1.54, 1.807) is 16.7 Å². The molecule has 1 N–H and O–H groups in total. The van der Waals surface area contributed by atoms with Crippen molar-refractivity contribution in [3.63, 3.8) is 0 Å². The molecule has 0 saturated carbocycles. The van der Waals surface area contributed by atoms with E-state index in [0.717, 1.165) is 11.1 Å². The molecule has 110 valence electrons. The molecule has 3 aromatic rings. The first kappa shape index (κ1) is 14.1. The van der Waals surface area contributed by atoms with Gasteiger partial charge in [-0.2, -0.15) is 0 Å². The monoisotopic (exact) mass is 292 g/mol. The molecule has 0 saturated heterocycles. The average molecular weight is 292 g/mol. The summed E-state index contributed by atoms with van der Waals surface area (Å²) in [5, 5.41) is 9.48. The van der Waals surface area contributed by atoms with Crippen molar-refractivity contribution in [3.8, 4) is 0 Å². The molecule has 1 aromatic carbocycles. The van der Waals surface area contributed by atoms with Crippen LogP contribution in [0.3, 0.4) is 0 Å². The van der Waals surface area contributed by atoms with Crippen LogP contribution < -0.4 is 0 Å². The van der Waals surface area contributed by atoms with Crippen LogP contribution in [-0.2, 0) is 0 Å². The number of nitrogens with zero attached hydrogens (tertiary/aromatic N) is 2. The topological polar surface area (TPSA) is 54.6 Å². The lowest BCUT2D eigenvalue weighted by Crippen LogP contribution is -2.03. The van der Waals surface area contributed by atoms with Gasteiger partial charge in [0.2, 0.25) is 0 Å². The van der Waals surface area contributed by atoms with E-state index >= 15 is 0 Å². The van der Waals surface area contributed by atoms with Crippen LogP contribution in [-0.4, -0.2) is 20.5 Å². The Morgan fingerprint density at radius 3 is 2.55 bits per heavy atom. The summed E-state index contributed by atoms with van der Waals surface area (Å²) < 4.78 is 1.62. The van der Waals surface area contributed by atoms with Crippen LogP contribution in [0.25, 0.3) is 17.8 Å². The largest absolute Gasteiger partial charge is 0.476 e. The number of aromatic carboxylic acids is 1. The summed E-state index contributed by atoms with van der Waals surface area (Å²) >= 11 is 0. The van der Waals surface area contributed by atoms with Gasteiger partial charge in [-0.25, -0.2) is 9.78 Å². The summed E-state index contributed by atoms with van der Waals surface area (Å²) in [7, 11) is 0. The Hall–Kier alpha value is -2.88. The number of fused-ring (bicyclic) bond motifs is 1. The summed E-state index contributed by atoms with van der Waals surface area (Å²) in [6, 6.07) is 11.8. The van der Waals surface area contributed by atoms with Crippen molar-refractivity contribution < 1.29 is 9.90 Å². The first-order valence-corrected chi connectivity index (χ1v) is 7.02. The van der Waals surface area contributed by atoms with E-state index in [2.05, 4.69) is 4.98 Å². The number of imidazole rings is 1. The van der Waals surface area contributed by atoms with E-state index in [4.69, 9.17) is 0 Å². The molecule has 0 bridgehead atoms. The van der Waals surface area contributed by atoms with Crippen molar-refractivity contribution in [1.82, 2.24) is 9.38 Å². The van der Waals surface area contributed by atoms with Gasteiger partial charge >= 0.3 is 5.97 Å². The van der Waals surface area contributed by atoms with Crippen molar-refractivity contribution in [3.05, 3.63) is 70.7 Å². The Bertz CT molecular complexity index is 874. The van der Waals surface area contributed by atoms with Crippen molar-refractivity contribution in [2.24, 2.45) is 0 Å². The van der Waals surface area contributed by atoms with Crippen LogP contribution in [0.5, 0.6) is 0 Å². The van der Waals surface area contributed by atoms with Gasteiger partial charge in [-0.3, -0.25) is 4.40 Å². The van der Waals surface area contributed by atoms with Gasteiger partial charge in [-0.05, 0) is 37.1 Å². The van der Waals surface area contributed by atoms with Crippen LogP contribution in [0, 0.1) is 13.8 Å². The molecule has 0 aliphatic rings. The van der Waals surface area contributed by atoms with Crippen molar-refractivity contribution >= 4 is 23.8 Å². The molecular weight excluding hydrogens is 276 g/mol. The Balaban J connectivity index is 2.10. The predicted octanol–water partition coefficient (Wildman–Crippen LogP) is 3.82. The molecule has 0 radical (unpaired) electrons. The van der Waals surface area contributed by atoms with Crippen LogP contribution in [0.15, 0.2) is 42.6 Å². The summed E-state index contributed by atoms with van der Waals surface area (Å²) in [5.41, 5.74) is 4.45. The smallest absolute Gasteiger partial charge is 0.355 e. The highest BCUT2D eigenvalue weighted by molar-refractivity contribution is 5.92. The minimum Gasteiger partial charge on any atom is -0.476 e. The molecule has 0 aliphatic carbocycles. The molecule has 0 fully saturated rings. The quantitative estimate of drug-likeness (QED) is 0.798. The van der Waals surface area contributed by atoms with E-state index in [9.17, 15) is 9.90 Å². The third kappa shape index (κ3) is 2.51. The van der Waals surface area contributed by atoms with Gasteiger partial charge in [-0.15, -0.1) is 0 Å². The van der Waals surface area contributed by atoms with Crippen LogP contribution in [0.2, 0.25) is 0 Å². The lowest BCUT2D eigenvalue weighted by atomic mass is 10.1. The maximum atomic E-state index is 11.6. The summed E-state index contributed by atoms with van der Waals surface area (Å²) in [6.45, 7) is 3.95. The van der Waals surface area contributed by atoms with Gasteiger partial charge in [0.15, 0.2) is 5.69 Å². The van der Waals surface area contributed by atoms with Gasteiger partial charge in [0.1, 0.15) is 5.65 Å². The number of rotatable bonds is 3. The van der Waals surface area contributed by atoms with Crippen LogP contribution in [0.4, 0.5) is 0 Å². The second-order valence-electron chi connectivity index (χ2n) is 5.28. The number of carboxylic acids is 1. The summed E-state index contributed by atoms with van der Waals surface area (Å²) in [5.74, 6) is -0.985. The van der Waals surface area contributed by atoms with E-state index < -0.39 is 5.97 Å². The third-order valence-electron chi connectivity index (χ3n) is 3.59. The number of hydrogen-bond donors (Lipinski definition) is 1. The Morgan fingerprint density at radius 2 is 1.86 bits per heavy atom. The number of hydrogen-bond acceptors (Lipinski definition) is 2. The highest BCUT2D eigenvalue weighted by Gasteiger charge is 2.17. The predicted molar refractivity (Wildman–Crippen MR) is 87.0 cm³/mol. The zero-order valence-corrected chi connectivity index (χ0v) is 12.4. The Morgan fingerprint density at radius 1 is 1.14 bits per heavy atom. The van der Waals surface area contributed by atoms with E-state index in [1.807, 2.05) is 56.3 Å². The van der Waals surface area contributed by atoms with Crippen molar-refractivity contribution in [2.45, 2.75) is 13.8 Å². The fourth-order valence-electron chi connectivity index (χ4n) is 2.40. The normalized spacial score (nSPS) is 11.4. The molecule has 0 atom stereocenters. The maximum absolute atomic E-state index is 11.6. The third-order valence-corrected chi connectivity index (χ3v) is 3.59. The van der Waals surface area contributed by atoms with Crippen molar-refractivity contribution in [2.75, 3.05) is 0 Å². The van der Waals surface area contributed by atoms with Crippen molar-refractivity contribution in [1.29, 1.82) is 0 Å². The molecule has 0 aliphatic heterocycles. The number of aryl methyl sites for hydroxylation is 2. The zero-order valence-electron chi connectivity index (χ0n) is 12.4. The van der Waals surface area contributed by atoms with Gasteiger partial charge in [0.25, 0.3) is 0 Å². The molecule has 4 nitrogen and oxygen atoms in total. The number of benzene rings is 1. The van der Waals surface area contributed by atoms with E-state index in [-0.39, 0.29) is 5.69 Å². The van der Waals surface area contributed by atoms with Gasteiger partial charge in [-0.1, -0.05) is 42.0 Å².